The third kappa shape index (κ3) is 6.64. The summed E-state index contributed by atoms with van der Waals surface area (Å²) >= 11 is 0.992. The maximum Gasteiger partial charge on any atom is 0.326 e. The molecule has 3 aromatic rings. The summed E-state index contributed by atoms with van der Waals surface area (Å²) in [4.78, 5) is 31.3. The largest absolute Gasteiger partial charge is 0.497 e. The van der Waals surface area contributed by atoms with Gasteiger partial charge in [-0.3, -0.25) is 14.5 Å². The topological polar surface area (TPSA) is 95.6 Å². The number of pyridine rings is 1. The van der Waals surface area contributed by atoms with Crippen molar-refractivity contribution in [2.24, 2.45) is 0 Å². The van der Waals surface area contributed by atoms with Gasteiger partial charge in [-0.05, 0) is 42.0 Å². The van der Waals surface area contributed by atoms with E-state index >= 15 is 0 Å². The van der Waals surface area contributed by atoms with Crippen molar-refractivity contribution in [3.8, 4) is 5.75 Å². The molecule has 9 heteroatoms. The number of ether oxygens (including phenoxy) is 1. The van der Waals surface area contributed by atoms with Crippen molar-refractivity contribution in [1.29, 1.82) is 0 Å². The van der Waals surface area contributed by atoms with Gasteiger partial charge in [-0.2, -0.15) is 0 Å². The molecule has 3 rings (SSSR count). The number of carbonyl (C=O) groups is 2. The summed E-state index contributed by atoms with van der Waals surface area (Å²) in [5.74, 6) is 0.463. The van der Waals surface area contributed by atoms with Crippen molar-refractivity contribution in [2.75, 3.05) is 23.8 Å². The number of urea groups is 1. The molecule has 1 aromatic heterocycles. The first-order valence-electron chi connectivity index (χ1n) is 9.90. The van der Waals surface area contributed by atoms with Crippen LogP contribution in [0.25, 0.3) is 0 Å². The highest BCUT2D eigenvalue weighted by Gasteiger charge is 2.25. The van der Waals surface area contributed by atoms with Crippen LogP contribution < -0.4 is 24.4 Å². The zero-order valence-electron chi connectivity index (χ0n) is 17.8. The first-order valence-corrected chi connectivity index (χ1v) is 10.7. The molecule has 3 N–H and O–H groups in total. The predicted molar refractivity (Wildman–Crippen MR) is 127 cm³/mol. The Kier molecular flexibility index (Phi) is 8.33. The number of hydrogen-bond acceptors (Lipinski definition) is 6. The number of amides is 3. The number of nitrogens with one attached hydrogen (secondary N) is 3. The Bertz CT molecular complexity index is 1000. The fourth-order valence-electron chi connectivity index (χ4n) is 2.96. The molecule has 0 saturated heterocycles. The highest BCUT2D eigenvalue weighted by atomic mass is 32.2. The SMILES string of the molecule is COc1ccc(N(C)C(=O)C(Cc2ccccc2)NC(=O)NSNc2cccnc2)cc1. The standard InChI is InChI=1S/C23H25N5O3S/c1-28(19-10-12-20(31-2)13-11-19)22(29)21(15-17-7-4-3-5-8-17)25-23(30)27-32-26-18-9-6-14-24-16-18/h3-14,16,21,26H,15H2,1-2H3,(H2,25,27,30). The molecule has 1 heterocycles. The molecular weight excluding hydrogens is 426 g/mol. The summed E-state index contributed by atoms with van der Waals surface area (Å²) in [6, 6.07) is 19.1. The lowest BCUT2D eigenvalue weighted by molar-refractivity contribution is -0.120. The zero-order valence-corrected chi connectivity index (χ0v) is 18.6. The van der Waals surface area contributed by atoms with E-state index in [9.17, 15) is 9.59 Å². The molecule has 8 nitrogen and oxygen atoms in total. The second-order valence-corrected chi connectivity index (χ2v) is 7.47. The minimum Gasteiger partial charge on any atom is -0.497 e. The van der Waals surface area contributed by atoms with Gasteiger partial charge in [0.05, 0.1) is 31.1 Å². The average Bonchev–Trinajstić information content (AvgIpc) is 2.84. The van der Waals surface area contributed by atoms with Gasteiger partial charge in [0, 0.05) is 25.4 Å². The van der Waals surface area contributed by atoms with E-state index < -0.39 is 12.1 Å². The molecule has 166 valence electrons. The van der Waals surface area contributed by atoms with Gasteiger partial charge >= 0.3 is 6.03 Å². The van der Waals surface area contributed by atoms with E-state index in [1.165, 1.54) is 4.90 Å². The lowest BCUT2D eigenvalue weighted by Crippen LogP contribution is -2.50. The summed E-state index contributed by atoms with van der Waals surface area (Å²) in [6.45, 7) is 0. The fourth-order valence-corrected chi connectivity index (χ4v) is 3.40. The first kappa shape index (κ1) is 23.0. The summed E-state index contributed by atoms with van der Waals surface area (Å²) in [7, 11) is 3.27. The summed E-state index contributed by atoms with van der Waals surface area (Å²) < 4.78 is 10.8. The molecule has 0 bridgehead atoms. The van der Waals surface area contributed by atoms with E-state index in [0.717, 1.165) is 23.4 Å². The van der Waals surface area contributed by atoms with E-state index in [4.69, 9.17) is 4.74 Å². The maximum absolute atomic E-state index is 13.3. The van der Waals surface area contributed by atoms with Crippen LogP contribution in [0.1, 0.15) is 5.56 Å². The van der Waals surface area contributed by atoms with Gasteiger partial charge in [0.25, 0.3) is 0 Å². The van der Waals surface area contributed by atoms with Gasteiger partial charge in [0.15, 0.2) is 0 Å². The number of likely N-dealkylation sites (N-methyl/N-ethyl adjacent to an activating group) is 1. The summed E-state index contributed by atoms with van der Waals surface area (Å²) in [5.41, 5.74) is 2.38. The van der Waals surface area contributed by atoms with Crippen LogP contribution in [0.3, 0.4) is 0 Å². The van der Waals surface area contributed by atoms with Crippen LogP contribution in [0.5, 0.6) is 5.75 Å². The third-order valence-corrected chi connectivity index (χ3v) is 5.28. The van der Waals surface area contributed by atoms with Gasteiger partial charge in [-0.1, -0.05) is 30.3 Å². The average molecular weight is 452 g/mol. The van der Waals surface area contributed by atoms with Crippen molar-refractivity contribution >= 4 is 35.4 Å². The van der Waals surface area contributed by atoms with Crippen molar-refractivity contribution in [3.63, 3.8) is 0 Å². The highest BCUT2D eigenvalue weighted by molar-refractivity contribution is 7.99. The maximum atomic E-state index is 13.3. The van der Waals surface area contributed by atoms with Crippen LogP contribution in [-0.4, -0.2) is 37.1 Å². The second-order valence-electron chi connectivity index (χ2n) is 6.86. The molecule has 0 aliphatic heterocycles. The van der Waals surface area contributed by atoms with Crippen LogP contribution in [-0.2, 0) is 11.2 Å². The van der Waals surface area contributed by atoms with Gasteiger partial charge in [-0.25, -0.2) is 4.79 Å². The monoisotopic (exact) mass is 451 g/mol. The van der Waals surface area contributed by atoms with Crippen LogP contribution in [0.4, 0.5) is 16.2 Å². The molecule has 0 radical (unpaired) electrons. The minimum absolute atomic E-state index is 0.237. The highest BCUT2D eigenvalue weighted by Crippen LogP contribution is 2.19. The molecule has 1 unspecified atom stereocenters. The van der Waals surface area contributed by atoms with E-state index in [-0.39, 0.29) is 5.91 Å². The predicted octanol–water partition coefficient (Wildman–Crippen LogP) is 3.64. The number of nitrogens with zero attached hydrogens (tertiary/aromatic N) is 2. The Balaban J connectivity index is 1.66. The quantitative estimate of drug-likeness (QED) is 0.430. The molecule has 0 aliphatic carbocycles. The normalized spacial score (nSPS) is 11.2. The fraction of sp³-hybridized carbons (Fsp3) is 0.174. The lowest BCUT2D eigenvalue weighted by atomic mass is 10.0. The molecule has 0 spiro atoms. The number of anilines is 2. The molecule has 0 saturated carbocycles. The van der Waals surface area contributed by atoms with Crippen molar-refractivity contribution in [3.05, 3.63) is 84.7 Å². The Morgan fingerprint density at radius 3 is 2.47 bits per heavy atom. The van der Waals surface area contributed by atoms with Crippen LogP contribution in [0.2, 0.25) is 0 Å². The summed E-state index contributed by atoms with van der Waals surface area (Å²) in [5, 5.41) is 2.78. The number of hydrogen-bond donors (Lipinski definition) is 3. The third-order valence-electron chi connectivity index (χ3n) is 4.65. The molecular formula is C23H25N5O3S. The van der Waals surface area contributed by atoms with Crippen LogP contribution >= 0.6 is 12.1 Å². The van der Waals surface area contributed by atoms with Crippen LogP contribution in [0.15, 0.2) is 79.1 Å². The zero-order chi connectivity index (χ0) is 22.8. The second kappa shape index (κ2) is 11.6. The van der Waals surface area contributed by atoms with Gasteiger partial charge in [-0.15, -0.1) is 0 Å². The number of benzene rings is 2. The molecule has 3 amide bonds. The number of methoxy groups -OCH3 is 1. The Hall–Kier alpha value is -3.72. The van der Waals surface area contributed by atoms with E-state index in [0.29, 0.717) is 17.9 Å². The van der Waals surface area contributed by atoms with Crippen molar-refractivity contribution < 1.29 is 14.3 Å². The molecule has 2 aromatic carbocycles. The number of aromatic nitrogens is 1. The van der Waals surface area contributed by atoms with Crippen molar-refractivity contribution in [1.82, 2.24) is 15.0 Å². The Labute approximate surface area is 191 Å². The Morgan fingerprint density at radius 1 is 1.06 bits per heavy atom. The summed E-state index contributed by atoms with van der Waals surface area (Å²) in [6.07, 6.45) is 3.65. The first-order chi connectivity index (χ1) is 15.6. The van der Waals surface area contributed by atoms with Gasteiger partial charge in [0.2, 0.25) is 5.91 Å². The van der Waals surface area contributed by atoms with E-state index in [1.807, 2.05) is 36.4 Å². The van der Waals surface area contributed by atoms with E-state index in [2.05, 4.69) is 19.7 Å². The molecule has 1 atom stereocenters. The lowest BCUT2D eigenvalue weighted by Gasteiger charge is -2.25. The minimum atomic E-state index is -0.761. The molecule has 0 aliphatic rings. The molecule has 0 fully saturated rings. The smallest absolute Gasteiger partial charge is 0.326 e. The number of carbonyl (C=O) groups excluding carboxylic acids is 2. The van der Waals surface area contributed by atoms with Gasteiger partial charge < -0.3 is 19.7 Å². The molecule has 32 heavy (non-hydrogen) atoms. The number of rotatable bonds is 9. The Morgan fingerprint density at radius 2 is 1.81 bits per heavy atom. The van der Waals surface area contributed by atoms with Crippen molar-refractivity contribution in [2.45, 2.75) is 12.5 Å². The van der Waals surface area contributed by atoms with E-state index in [1.54, 1.807) is 56.9 Å². The van der Waals surface area contributed by atoms with Gasteiger partial charge in [0.1, 0.15) is 11.8 Å². The van der Waals surface area contributed by atoms with Crippen LogP contribution in [0, 0.1) is 0 Å².